The van der Waals surface area contributed by atoms with Gasteiger partial charge in [0.2, 0.25) is 5.91 Å². The summed E-state index contributed by atoms with van der Waals surface area (Å²) in [7, 11) is 1.61. The van der Waals surface area contributed by atoms with Gasteiger partial charge < -0.3 is 14.6 Å². The fourth-order valence-electron chi connectivity index (χ4n) is 2.06. The Morgan fingerprint density at radius 3 is 2.88 bits per heavy atom. The fourth-order valence-corrected chi connectivity index (χ4v) is 2.06. The second kappa shape index (κ2) is 7.36. The number of nitrogens with zero attached hydrogens (tertiary/aromatic N) is 5. The van der Waals surface area contributed by atoms with Gasteiger partial charge in [0.25, 0.3) is 0 Å². The Balaban J connectivity index is 1.51. The molecule has 9 heteroatoms. The molecule has 0 spiro atoms. The van der Waals surface area contributed by atoms with Crippen molar-refractivity contribution >= 4 is 5.91 Å². The van der Waals surface area contributed by atoms with Gasteiger partial charge in [-0.05, 0) is 34.7 Å². The van der Waals surface area contributed by atoms with Crippen molar-refractivity contribution in [2.45, 2.75) is 19.5 Å². The van der Waals surface area contributed by atoms with Crippen molar-refractivity contribution in [1.29, 1.82) is 0 Å². The van der Waals surface area contributed by atoms with Crippen LogP contribution in [0.5, 0.6) is 5.75 Å². The molecule has 0 aliphatic carbocycles. The minimum absolute atomic E-state index is 0.112. The average Bonchev–Trinajstić information content (AvgIpc) is 3.30. The number of aryl methyl sites for hydroxylation is 1. The molecule has 3 rings (SSSR count). The molecule has 3 aromatic rings. The summed E-state index contributed by atoms with van der Waals surface area (Å²) in [5.41, 5.74) is 1.54. The highest BCUT2D eigenvalue weighted by Gasteiger charge is 2.09. The van der Waals surface area contributed by atoms with E-state index in [-0.39, 0.29) is 12.3 Å². The van der Waals surface area contributed by atoms with Crippen LogP contribution in [0.15, 0.2) is 41.2 Å². The summed E-state index contributed by atoms with van der Waals surface area (Å²) >= 11 is 0. The van der Waals surface area contributed by atoms with E-state index in [4.69, 9.17) is 9.26 Å². The molecule has 1 aromatic carbocycles. The number of amides is 1. The van der Waals surface area contributed by atoms with E-state index in [2.05, 4.69) is 26.0 Å². The second-order valence-electron chi connectivity index (χ2n) is 5.01. The van der Waals surface area contributed by atoms with Crippen LogP contribution in [0.4, 0.5) is 0 Å². The molecular weight excluding hydrogens is 312 g/mol. The number of methoxy groups -OCH3 is 1. The summed E-state index contributed by atoms with van der Waals surface area (Å²) in [6.45, 7) is 0.725. The topological polar surface area (TPSA) is 108 Å². The van der Waals surface area contributed by atoms with E-state index < -0.39 is 0 Å². The molecule has 24 heavy (non-hydrogen) atoms. The first-order valence-electron chi connectivity index (χ1n) is 7.32. The molecule has 0 aliphatic heterocycles. The fraction of sp³-hybridized carbons (Fsp3) is 0.267. The quantitative estimate of drug-likeness (QED) is 0.690. The lowest BCUT2D eigenvalue weighted by Crippen LogP contribution is -2.24. The molecule has 0 radical (unpaired) electrons. The summed E-state index contributed by atoms with van der Waals surface area (Å²) in [5.74, 6) is 1.29. The largest absolute Gasteiger partial charge is 0.497 e. The van der Waals surface area contributed by atoms with Gasteiger partial charge in [-0.3, -0.25) is 4.79 Å². The minimum Gasteiger partial charge on any atom is -0.497 e. The van der Waals surface area contributed by atoms with Gasteiger partial charge in [0, 0.05) is 18.1 Å². The molecule has 0 saturated carbocycles. The second-order valence-corrected chi connectivity index (χ2v) is 5.01. The van der Waals surface area contributed by atoms with E-state index in [0.29, 0.717) is 24.5 Å². The van der Waals surface area contributed by atoms with E-state index >= 15 is 0 Å². The van der Waals surface area contributed by atoms with Crippen LogP contribution in [0, 0.1) is 0 Å². The predicted molar refractivity (Wildman–Crippen MR) is 82.8 cm³/mol. The van der Waals surface area contributed by atoms with Crippen LogP contribution in [0.2, 0.25) is 0 Å². The first-order chi connectivity index (χ1) is 11.7. The molecule has 0 aliphatic rings. The molecule has 0 fully saturated rings. The van der Waals surface area contributed by atoms with Crippen LogP contribution in [0.25, 0.3) is 11.3 Å². The summed E-state index contributed by atoms with van der Waals surface area (Å²) in [4.78, 5) is 11.8. The van der Waals surface area contributed by atoms with E-state index in [1.807, 2.05) is 24.3 Å². The molecule has 1 N–H and O–H groups in total. The Kier molecular flexibility index (Phi) is 4.80. The third kappa shape index (κ3) is 3.94. The third-order valence-electron chi connectivity index (χ3n) is 3.36. The van der Waals surface area contributed by atoms with Crippen molar-refractivity contribution in [3.8, 4) is 17.1 Å². The van der Waals surface area contributed by atoms with Crippen molar-refractivity contribution in [2.75, 3.05) is 7.11 Å². The number of carbonyl (C=O) groups is 1. The van der Waals surface area contributed by atoms with Crippen molar-refractivity contribution < 1.29 is 14.1 Å². The number of rotatable bonds is 7. The number of tetrazole rings is 1. The summed E-state index contributed by atoms with van der Waals surface area (Å²) in [6, 6.07) is 9.25. The highest BCUT2D eigenvalue weighted by molar-refractivity contribution is 5.75. The lowest BCUT2D eigenvalue weighted by Gasteiger charge is -2.02. The average molecular weight is 328 g/mol. The van der Waals surface area contributed by atoms with Gasteiger partial charge >= 0.3 is 0 Å². The van der Waals surface area contributed by atoms with Gasteiger partial charge in [0.1, 0.15) is 17.8 Å². The number of carbonyl (C=O) groups excluding carboxylic acids is 1. The standard InChI is InChI=1S/C15H16N6O3/c1-23-13-4-2-11(3-5-13)14-8-12(18-24-14)9-16-15(22)6-7-21-10-17-19-20-21/h2-5,8,10H,6-7,9H2,1H3,(H,16,22). The van der Waals surface area contributed by atoms with Crippen molar-refractivity contribution in [3.63, 3.8) is 0 Å². The number of hydrogen-bond acceptors (Lipinski definition) is 7. The number of ether oxygens (including phenoxy) is 1. The first kappa shape index (κ1) is 15.7. The Labute approximate surface area is 137 Å². The SMILES string of the molecule is COc1ccc(-c2cc(CNC(=O)CCn3cnnn3)no2)cc1. The van der Waals surface area contributed by atoms with Gasteiger partial charge in [-0.15, -0.1) is 5.10 Å². The van der Waals surface area contributed by atoms with Crippen LogP contribution in [0.3, 0.4) is 0 Å². The number of hydrogen-bond donors (Lipinski definition) is 1. The summed E-state index contributed by atoms with van der Waals surface area (Å²) in [6.07, 6.45) is 1.75. The van der Waals surface area contributed by atoms with Crippen molar-refractivity contribution in [2.24, 2.45) is 0 Å². The van der Waals surface area contributed by atoms with Gasteiger partial charge in [-0.2, -0.15) is 0 Å². The lowest BCUT2D eigenvalue weighted by atomic mass is 10.1. The zero-order valence-electron chi connectivity index (χ0n) is 13.0. The van der Waals surface area contributed by atoms with Crippen LogP contribution in [0.1, 0.15) is 12.1 Å². The number of aromatic nitrogens is 5. The predicted octanol–water partition coefficient (Wildman–Crippen LogP) is 1.04. The van der Waals surface area contributed by atoms with Gasteiger partial charge in [-0.1, -0.05) is 5.16 Å². The minimum atomic E-state index is -0.112. The highest BCUT2D eigenvalue weighted by atomic mass is 16.5. The highest BCUT2D eigenvalue weighted by Crippen LogP contribution is 2.22. The zero-order chi connectivity index (χ0) is 16.8. The van der Waals surface area contributed by atoms with E-state index in [1.54, 1.807) is 13.2 Å². The van der Waals surface area contributed by atoms with E-state index in [9.17, 15) is 4.79 Å². The van der Waals surface area contributed by atoms with Crippen LogP contribution < -0.4 is 10.1 Å². The maximum absolute atomic E-state index is 11.8. The van der Waals surface area contributed by atoms with Gasteiger partial charge in [0.05, 0.1) is 20.2 Å². The Bertz CT molecular complexity index is 782. The molecule has 2 heterocycles. The molecule has 0 saturated heterocycles. The number of benzene rings is 1. The molecule has 124 valence electrons. The molecule has 2 aromatic heterocycles. The lowest BCUT2D eigenvalue weighted by molar-refractivity contribution is -0.121. The van der Waals surface area contributed by atoms with E-state index in [1.165, 1.54) is 11.0 Å². The number of nitrogens with one attached hydrogen (secondary N) is 1. The molecule has 1 amide bonds. The monoisotopic (exact) mass is 328 g/mol. The van der Waals surface area contributed by atoms with Crippen molar-refractivity contribution in [3.05, 3.63) is 42.4 Å². The summed E-state index contributed by atoms with van der Waals surface area (Å²) in [5, 5.41) is 17.4. The normalized spacial score (nSPS) is 10.5. The molecular formula is C15H16N6O3. The zero-order valence-corrected chi connectivity index (χ0v) is 13.0. The maximum Gasteiger partial charge on any atom is 0.222 e. The van der Waals surface area contributed by atoms with Crippen LogP contribution >= 0.6 is 0 Å². The molecule has 0 bridgehead atoms. The van der Waals surface area contributed by atoms with Crippen LogP contribution in [-0.2, 0) is 17.9 Å². The first-order valence-corrected chi connectivity index (χ1v) is 7.32. The smallest absolute Gasteiger partial charge is 0.222 e. The summed E-state index contributed by atoms with van der Waals surface area (Å²) < 4.78 is 11.9. The Morgan fingerprint density at radius 2 is 2.17 bits per heavy atom. The van der Waals surface area contributed by atoms with Gasteiger partial charge in [-0.25, -0.2) is 4.68 Å². The van der Waals surface area contributed by atoms with Crippen LogP contribution in [-0.4, -0.2) is 38.4 Å². The van der Waals surface area contributed by atoms with Crippen molar-refractivity contribution in [1.82, 2.24) is 30.7 Å². The van der Waals surface area contributed by atoms with Gasteiger partial charge in [0.15, 0.2) is 5.76 Å². The third-order valence-corrected chi connectivity index (χ3v) is 3.36. The van der Waals surface area contributed by atoms with E-state index in [0.717, 1.165) is 11.3 Å². The maximum atomic E-state index is 11.8. The Morgan fingerprint density at radius 1 is 1.33 bits per heavy atom. The Hall–Kier alpha value is -3.23. The molecule has 9 nitrogen and oxygen atoms in total. The molecule has 0 unspecified atom stereocenters. The molecule has 0 atom stereocenters.